The number of ketones is 1. The third kappa shape index (κ3) is 2.90. The zero-order valence-electron chi connectivity index (χ0n) is 10.8. The fourth-order valence-electron chi connectivity index (χ4n) is 1.94. The van der Waals surface area contributed by atoms with Gasteiger partial charge in [-0.25, -0.2) is 4.39 Å². The highest BCUT2D eigenvalue weighted by Crippen LogP contribution is 2.23. The van der Waals surface area contributed by atoms with Crippen molar-refractivity contribution in [2.75, 3.05) is 6.61 Å². The molecule has 1 heterocycles. The molecule has 0 N–H and O–H groups in total. The van der Waals surface area contributed by atoms with Crippen molar-refractivity contribution in [3.8, 4) is 5.75 Å². The van der Waals surface area contributed by atoms with E-state index in [9.17, 15) is 9.18 Å². The molecule has 3 nitrogen and oxygen atoms in total. The zero-order chi connectivity index (χ0) is 14.8. The number of ether oxygens (including phenoxy) is 1. The summed E-state index contributed by atoms with van der Waals surface area (Å²) < 4.78 is 24.1. The van der Waals surface area contributed by atoms with Gasteiger partial charge in [-0.15, -0.1) is 0 Å². The number of rotatable bonds is 4. The van der Waals surface area contributed by atoms with Gasteiger partial charge in [0.25, 0.3) is 0 Å². The number of hydrogen-bond acceptors (Lipinski definition) is 3. The molecule has 0 amide bonds. The molecule has 0 aliphatic rings. The van der Waals surface area contributed by atoms with Crippen molar-refractivity contribution < 1.29 is 18.3 Å². The Morgan fingerprint density at radius 3 is 2.76 bits per heavy atom. The molecule has 3 rings (SSSR count). The number of carbonyl (C=O) groups is 1. The minimum absolute atomic E-state index is 0.0668. The van der Waals surface area contributed by atoms with E-state index >= 15 is 0 Å². The summed E-state index contributed by atoms with van der Waals surface area (Å²) in [6.07, 6.45) is 0. The number of carbonyl (C=O) groups excluding carboxylic acids is 1. The number of furan rings is 1. The summed E-state index contributed by atoms with van der Waals surface area (Å²) in [5.74, 6) is -0.317. The Morgan fingerprint density at radius 2 is 2.00 bits per heavy atom. The largest absolute Gasteiger partial charge is 0.485 e. The van der Waals surface area contributed by atoms with Gasteiger partial charge in [-0.2, -0.15) is 0 Å². The second-order valence-corrected chi connectivity index (χ2v) is 4.87. The lowest BCUT2D eigenvalue weighted by Gasteiger charge is -2.04. The molecule has 0 radical (unpaired) electrons. The average molecular weight is 305 g/mol. The number of Topliss-reactive ketones (excluding diaryl/α,β-unsaturated/α-hetero) is 1. The molecule has 5 heteroatoms. The first-order valence-corrected chi connectivity index (χ1v) is 6.61. The van der Waals surface area contributed by atoms with Gasteiger partial charge < -0.3 is 9.15 Å². The molecular formula is C16H10ClFO3. The molecule has 0 spiro atoms. The number of fused-ring (bicyclic) bond motifs is 1. The Balaban J connectivity index is 1.76. The van der Waals surface area contributed by atoms with Gasteiger partial charge in [0.2, 0.25) is 5.78 Å². The molecule has 0 aliphatic carbocycles. The predicted octanol–water partition coefficient (Wildman–Crippen LogP) is 4.49. The molecule has 0 bridgehead atoms. The van der Waals surface area contributed by atoms with Crippen molar-refractivity contribution in [1.29, 1.82) is 0 Å². The Morgan fingerprint density at radius 1 is 1.19 bits per heavy atom. The highest BCUT2D eigenvalue weighted by molar-refractivity contribution is 6.30. The van der Waals surface area contributed by atoms with Crippen LogP contribution in [0.3, 0.4) is 0 Å². The van der Waals surface area contributed by atoms with Gasteiger partial charge in [0.15, 0.2) is 23.8 Å². The molecule has 0 fully saturated rings. The van der Waals surface area contributed by atoms with Gasteiger partial charge in [0.05, 0.1) is 0 Å². The lowest BCUT2D eigenvalue weighted by atomic mass is 10.2. The van der Waals surface area contributed by atoms with E-state index in [1.165, 1.54) is 12.1 Å². The van der Waals surface area contributed by atoms with Crippen molar-refractivity contribution in [3.63, 3.8) is 0 Å². The number of para-hydroxylation sites is 1. The quantitative estimate of drug-likeness (QED) is 0.667. The van der Waals surface area contributed by atoms with Gasteiger partial charge in [-0.1, -0.05) is 29.8 Å². The first kappa shape index (κ1) is 13.6. The van der Waals surface area contributed by atoms with Crippen LogP contribution in [0.25, 0.3) is 11.0 Å². The summed E-state index contributed by atoms with van der Waals surface area (Å²) in [5, 5.41) is 1.06. The summed E-state index contributed by atoms with van der Waals surface area (Å²) in [5.41, 5.74) is 0.0728. The van der Waals surface area contributed by atoms with E-state index in [0.29, 0.717) is 16.2 Å². The highest BCUT2D eigenvalue weighted by Gasteiger charge is 2.15. The van der Waals surface area contributed by atoms with Crippen LogP contribution < -0.4 is 4.74 Å². The summed E-state index contributed by atoms with van der Waals surface area (Å²) in [7, 11) is 0. The van der Waals surface area contributed by atoms with E-state index < -0.39 is 5.82 Å². The maximum Gasteiger partial charge on any atom is 0.235 e. The van der Waals surface area contributed by atoms with Gasteiger partial charge in [-0.05, 0) is 30.3 Å². The second kappa shape index (κ2) is 5.58. The maximum absolute atomic E-state index is 13.5. The van der Waals surface area contributed by atoms with Crippen LogP contribution in [0.2, 0.25) is 5.02 Å². The van der Waals surface area contributed by atoms with Crippen LogP contribution in [-0.2, 0) is 0 Å². The third-order valence-electron chi connectivity index (χ3n) is 2.94. The van der Waals surface area contributed by atoms with Crippen molar-refractivity contribution in [1.82, 2.24) is 0 Å². The van der Waals surface area contributed by atoms with E-state index in [2.05, 4.69) is 0 Å². The SMILES string of the molecule is O=C(COc1cccc(Cl)c1)c1cc2cccc(F)c2o1. The van der Waals surface area contributed by atoms with Crippen LogP contribution in [0.4, 0.5) is 4.39 Å². The third-order valence-corrected chi connectivity index (χ3v) is 3.17. The molecule has 0 unspecified atom stereocenters. The molecule has 1 aromatic heterocycles. The smallest absolute Gasteiger partial charge is 0.235 e. The minimum Gasteiger partial charge on any atom is -0.485 e. The van der Waals surface area contributed by atoms with E-state index in [-0.39, 0.29) is 23.7 Å². The van der Waals surface area contributed by atoms with Crippen LogP contribution in [0.5, 0.6) is 5.75 Å². The topological polar surface area (TPSA) is 39.4 Å². The maximum atomic E-state index is 13.5. The summed E-state index contributed by atoms with van der Waals surface area (Å²) in [4.78, 5) is 12.0. The molecule has 0 aliphatic heterocycles. The Hall–Kier alpha value is -2.33. The van der Waals surface area contributed by atoms with Gasteiger partial charge in [0.1, 0.15) is 5.75 Å². The molecule has 0 saturated carbocycles. The lowest BCUT2D eigenvalue weighted by molar-refractivity contribution is 0.0895. The lowest BCUT2D eigenvalue weighted by Crippen LogP contribution is -2.10. The average Bonchev–Trinajstić information content (AvgIpc) is 2.90. The van der Waals surface area contributed by atoms with Crippen LogP contribution in [0, 0.1) is 5.82 Å². The first-order chi connectivity index (χ1) is 10.1. The summed E-state index contributed by atoms with van der Waals surface area (Å²) in [6.45, 7) is -0.207. The molecule has 0 atom stereocenters. The second-order valence-electron chi connectivity index (χ2n) is 4.44. The van der Waals surface area contributed by atoms with Crippen molar-refractivity contribution >= 4 is 28.4 Å². The molecule has 106 valence electrons. The predicted molar refractivity (Wildman–Crippen MR) is 77.4 cm³/mol. The molecule has 21 heavy (non-hydrogen) atoms. The summed E-state index contributed by atoms with van der Waals surface area (Å²) >= 11 is 5.82. The fraction of sp³-hybridized carbons (Fsp3) is 0.0625. The van der Waals surface area contributed by atoms with Gasteiger partial charge >= 0.3 is 0 Å². The molecule has 0 saturated heterocycles. The molecule has 3 aromatic rings. The van der Waals surface area contributed by atoms with Crippen LogP contribution >= 0.6 is 11.6 Å². The van der Waals surface area contributed by atoms with E-state index in [0.717, 1.165) is 0 Å². The zero-order valence-corrected chi connectivity index (χ0v) is 11.6. The Labute approximate surface area is 124 Å². The first-order valence-electron chi connectivity index (χ1n) is 6.23. The fourth-order valence-corrected chi connectivity index (χ4v) is 2.12. The van der Waals surface area contributed by atoms with E-state index in [1.807, 2.05) is 0 Å². The van der Waals surface area contributed by atoms with Crippen LogP contribution in [0.1, 0.15) is 10.6 Å². The minimum atomic E-state index is -0.498. The van der Waals surface area contributed by atoms with E-state index in [1.54, 1.807) is 36.4 Å². The van der Waals surface area contributed by atoms with Crippen LogP contribution in [-0.4, -0.2) is 12.4 Å². The van der Waals surface area contributed by atoms with Crippen molar-refractivity contribution in [2.24, 2.45) is 0 Å². The van der Waals surface area contributed by atoms with Crippen LogP contribution in [0.15, 0.2) is 52.9 Å². The molecule has 2 aromatic carbocycles. The summed E-state index contributed by atoms with van der Waals surface area (Å²) in [6, 6.07) is 12.7. The number of hydrogen-bond donors (Lipinski definition) is 0. The van der Waals surface area contributed by atoms with Crippen molar-refractivity contribution in [3.05, 3.63) is 65.1 Å². The van der Waals surface area contributed by atoms with Gasteiger partial charge in [0, 0.05) is 10.4 Å². The van der Waals surface area contributed by atoms with Crippen molar-refractivity contribution in [2.45, 2.75) is 0 Å². The van der Waals surface area contributed by atoms with Gasteiger partial charge in [-0.3, -0.25) is 4.79 Å². The highest BCUT2D eigenvalue weighted by atomic mass is 35.5. The molecular weight excluding hydrogens is 295 g/mol. The number of benzene rings is 2. The Bertz CT molecular complexity index is 810. The van der Waals surface area contributed by atoms with E-state index in [4.69, 9.17) is 20.8 Å². The normalized spacial score (nSPS) is 10.8. The monoisotopic (exact) mass is 304 g/mol. The number of halogens is 2. The Kier molecular flexibility index (Phi) is 3.62. The standard InChI is InChI=1S/C16H10ClFO3/c17-11-4-2-5-12(8-11)20-9-14(19)15-7-10-3-1-6-13(18)16(10)21-15/h1-8H,9H2.